The lowest BCUT2D eigenvalue weighted by molar-refractivity contribution is 0.286. The fourth-order valence-electron chi connectivity index (χ4n) is 0.806. The zero-order chi connectivity index (χ0) is 9.40. The van der Waals surface area contributed by atoms with Crippen molar-refractivity contribution in [3.8, 4) is 0 Å². The van der Waals surface area contributed by atoms with E-state index in [4.69, 9.17) is 17.0 Å². The first-order valence-corrected chi connectivity index (χ1v) is 4.90. The number of unbranched alkanes of at least 4 members (excludes halogenated alkanes) is 1. The molecule has 70 valence electrons. The quantitative estimate of drug-likeness (QED) is 0.357. The van der Waals surface area contributed by atoms with Crippen LogP contribution >= 0.6 is 12.2 Å². The Bertz CT molecular complexity index is 143. The normalized spacial score (nSPS) is 12.2. The third-order valence-electron chi connectivity index (χ3n) is 1.66. The molecule has 0 fully saturated rings. The Labute approximate surface area is 80.8 Å². The number of hydrogen-bond acceptors (Lipinski definition) is 2. The van der Waals surface area contributed by atoms with Crippen molar-refractivity contribution in [1.29, 1.82) is 0 Å². The Morgan fingerprint density at radius 1 is 1.67 bits per heavy atom. The van der Waals surface area contributed by atoms with Gasteiger partial charge in [-0.3, -0.25) is 0 Å². The average Bonchev–Trinajstić information content (AvgIpc) is 2.05. The monoisotopic (exact) mass is 186 g/mol. The summed E-state index contributed by atoms with van der Waals surface area (Å²) in [6.07, 6.45) is 5.02. The lowest BCUT2D eigenvalue weighted by atomic mass is 10.1. The Kier molecular flexibility index (Phi) is 7.06. The molecule has 0 heterocycles. The highest BCUT2D eigenvalue weighted by atomic mass is 32.1. The number of thiocarbonyl (C=S) groups is 1. The first kappa shape index (κ1) is 11.6. The van der Waals surface area contributed by atoms with E-state index in [9.17, 15) is 0 Å². The van der Waals surface area contributed by atoms with Crippen LogP contribution in [0, 0.1) is 5.92 Å². The third-order valence-corrected chi connectivity index (χ3v) is 2.19. The number of allylic oxidation sites excluding steroid dienone is 1. The summed E-state index contributed by atoms with van der Waals surface area (Å²) in [5.74, 6) is 0.328. The summed E-state index contributed by atoms with van der Waals surface area (Å²) in [5, 5.41) is 0.725. The van der Waals surface area contributed by atoms with E-state index in [0.29, 0.717) is 5.92 Å². The average molecular weight is 186 g/mol. The van der Waals surface area contributed by atoms with E-state index in [2.05, 4.69) is 20.4 Å². The molecular formula is C10H18OS. The molecule has 0 aliphatic rings. The van der Waals surface area contributed by atoms with Gasteiger partial charge < -0.3 is 4.74 Å². The summed E-state index contributed by atoms with van der Waals surface area (Å²) < 4.78 is 5.38. The van der Waals surface area contributed by atoms with E-state index in [-0.39, 0.29) is 0 Å². The van der Waals surface area contributed by atoms with Crippen molar-refractivity contribution in [2.75, 3.05) is 6.61 Å². The summed E-state index contributed by atoms with van der Waals surface area (Å²) in [5.41, 5.74) is 0. The van der Waals surface area contributed by atoms with Crippen LogP contribution in [0.4, 0.5) is 0 Å². The molecule has 2 heteroatoms. The zero-order valence-corrected chi connectivity index (χ0v) is 8.82. The van der Waals surface area contributed by atoms with Crippen molar-refractivity contribution in [2.24, 2.45) is 5.92 Å². The Balaban J connectivity index is 3.49. The van der Waals surface area contributed by atoms with Crippen LogP contribution in [0.15, 0.2) is 12.7 Å². The summed E-state index contributed by atoms with van der Waals surface area (Å²) in [6, 6.07) is 0. The summed E-state index contributed by atoms with van der Waals surface area (Å²) in [6.45, 7) is 8.63. The van der Waals surface area contributed by atoms with Crippen LogP contribution in [0.5, 0.6) is 0 Å². The van der Waals surface area contributed by atoms with Crippen molar-refractivity contribution in [2.45, 2.75) is 33.1 Å². The standard InChI is InChI=1S/C10H18OS/c1-4-6-8-11-10(12)9(3)7-5-2/h5,9H,2,4,6-8H2,1,3H3. The van der Waals surface area contributed by atoms with Gasteiger partial charge in [-0.2, -0.15) is 0 Å². The van der Waals surface area contributed by atoms with Crippen molar-refractivity contribution in [3.63, 3.8) is 0 Å². The maximum Gasteiger partial charge on any atom is 0.162 e. The predicted molar refractivity (Wildman–Crippen MR) is 57.4 cm³/mol. The van der Waals surface area contributed by atoms with Gasteiger partial charge in [-0.15, -0.1) is 6.58 Å². The topological polar surface area (TPSA) is 9.23 Å². The zero-order valence-electron chi connectivity index (χ0n) is 8.01. The molecule has 0 aromatic heterocycles. The molecular weight excluding hydrogens is 168 g/mol. The van der Waals surface area contributed by atoms with Gasteiger partial charge in [-0.05, 0) is 25.1 Å². The molecule has 0 aliphatic carbocycles. The molecule has 0 aromatic carbocycles. The molecule has 0 saturated carbocycles. The van der Waals surface area contributed by atoms with Gasteiger partial charge in [-0.1, -0.05) is 26.3 Å². The van der Waals surface area contributed by atoms with Gasteiger partial charge >= 0.3 is 0 Å². The van der Waals surface area contributed by atoms with Crippen molar-refractivity contribution < 1.29 is 4.74 Å². The molecule has 0 bridgehead atoms. The molecule has 0 saturated heterocycles. The first-order chi connectivity index (χ1) is 5.72. The molecule has 0 spiro atoms. The summed E-state index contributed by atoms with van der Waals surface area (Å²) in [7, 11) is 0. The van der Waals surface area contributed by atoms with Crippen LogP contribution in [-0.4, -0.2) is 11.7 Å². The van der Waals surface area contributed by atoms with Crippen molar-refractivity contribution in [3.05, 3.63) is 12.7 Å². The Hall–Kier alpha value is -0.370. The van der Waals surface area contributed by atoms with Crippen LogP contribution in [0.1, 0.15) is 33.1 Å². The second-order valence-corrected chi connectivity index (χ2v) is 3.35. The van der Waals surface area contributed by atoms with E-state index in [1.165, 1.54) is 0 Å². The molecule has 1 atom stereocenters. The summed E-state index contributed by atoms with van der Waals surface area (Å²) >= 11 is 5.09. The highest BCUT2D eigenvalue weighted by molar-refractivity contribution is 7.80. The van der Waals surface area contributed by atoms with Gasteiger partial charge in [-0.25, -0.2) is 0 Å². The molecule has 12 heavy (non-hydrogen) atoms. The fraction of sp³-hybridized carbons (Fsp3) is 0.700. The van der Waals surface area contributed by atoms with Crippen LogP contribution in [0.3, 0.4) is 0 Å². The van der Waals surface area contributed by atoms with Crippen LogP contribution in [-0.2, 0) is 4.74 Å². The van der Waals surface area contributed by atoms with Crippen LogP contribution in [0.25, 0.3) is 0 Å². The fourth-order valence-corrected chi connectivity index (χ4v) is 0.985. The minimum Gasteiger partial charge on any atom is -0.487 e. The minimum atomic E-state index is 0.328. The lowest BCUT2D eigenvalue weighted by Crippen LogP contribution is -2.12. The molecule has 1 unspecified atom stereocenters. The second-order valence-electron chi connectivity index (χ2n) is 2.95. The number of ether oxygens (including phenoxy) is 1. The summed E-state index contributed by atoms with van der Waals surface area (Å²) in [4.78, 5) is 0. The van der Waals surface area contributed by atoms with E-state index in [0.717, 1.165) is 30.9 Å². The van der Waals surface area contributed by atoms with Gasteiger partial charge in [0, 0.05) is 5.92 Å². The van der Waals surface area contributed by atoms with Gasteiger partial charge in [0.15, 0.2) is 5.05 Å². The van der Waals surface area contributed by atoms with Gasteiger partial charge in [0.25, 0.3) is 0 Å². The molecule has 0 radical (unpaired) electrons. The Morgan fingerprint density at radius 3 is 2.83 bits per heavy atom. The molecule has 1 nitrogen and oxygen atoms in total. The van der Waals surface area contributed by atoms with Gasteiger partial charge in [0.1, 0.15) is 0 Å². The maximum absolute atomic E-state index is 5.38. The number of hydrogen-bond donors (Lipinski definition) is 0. The first-order valence-electron chi connectivity index (χ1n) is 4.49. The molecule has 0 amide bonds. The highest BCUT2D eigenvalue weighted by Crippen LogP contribution is 2.07. The Morgan fingerprint density at radius 2 is 2.33 bits per heavy atom. The van der Waals surface area contributed by atoms with E-state index in [1.807, 2.05) is 6.08 Å². The third kappa shape index (κ3) is 5.30. The maximum atomic E-state index is 5.38. The molecule has 0 aromatic rings. The van der Waals surface area contributed by atoms with Crippen molar-refractivity contribution in [1.82, 2.24) is 0 Å². The van der Waals surface area contributed by atoms with Gasteiger partial charge in [0.05, 0.1) is 6.61 Å². The van der Waals surface area contributed by atoms with Crippen LogP contribution in [0.2, 0.25) is 0 Å². The highest BCUT2D eigenvalue weighted by Gasteiger charge is 2.06. The smallest absolute Gasteiger partial charge is 0.162 e. The molecule has 0 N–H and O–H groups in total. The second kappa shape index (κ2) is 7.29. The van der Waals surface area contributed by atoms with Crippen LogP contribution < -0.4 is 0 Å². The minimum absolute atomic E-state index is 0.328. The van der Waals surface area contributed by atoms with E-state index < -0.39 is 0 Å². The van der Waals surface area contributed by atoms with E-state index in [1.54, 1.807) is 0 Å². The SMILES string of the molecule is C=CCC(C)C(=S)OCCCC. The lowest BCUT2D eigenvalue weighted by Gasteiger charge is -2.11. The largest absolute Gasteiger partial charge is 0.487 e. The van der Waals surface area contributed by atoms with Gasteiger partial charge in [0.2, 0.25) is 0 Å². The molecule has 0 aliphatic heterocycles. The predicted octanol–water partition coefficient (Wildman–Crippen LogP) is 3.34. The molecule has 0 rings (SSSR count). The number of rotatable bonds is 6. The van der Waals surface area contributed by atoms with E-state index >= 15 is 0 Å². The van der Waals surface area contributed by atoms with Crippen molar-refractivity contribution >= 4 is 17.3 Å².